The number of nitrogens with zero attached hydrogens (tertiary/aromatic N) is 3. The van der Waals surface area contributed by atoms with E-state index in [1.807, 2.05) is 32.9 Å². The van der Waals surface area contributed by atoms with Crippen LogP contribution >= 0.6 is 46.1 Å². The van der Waals surface area contributed by atoms with Crippen LogP contribution in [-0.2, 0) is 24.3 Å². The van der Waals surface area contributed by atoms with E-state index in [2.05, 4.69) is 15.5 Å². The van der Waals surface area contributed by atoms with Gasteiger partial charge >= 0.3 is 6.09 Å². The van der Waals surface area contributed by atoms with Crippen LogP contribution in [-0.4, -0.2) is 39.2 Å². The third kappa shape index (κ3) is 6.59. The molecule has 0 saturated carbocycles. The van der Waals surface area contributed by atoms with Crippen molar-refractivity contribution in [2.45, 2.75) is 45.9 Å². The van der Waals surface area contributed by atoms with Crippen LogP contribution < -0.4 is 10.1 Å². The molecule has 2 amide bonds. The second-order valence-corrected chi connectivity index (χ2v) is 11.4. The Balaban J connectivity index is 1.35. The Morgan fingerprint density at radius 2 is 1.81 bits per heavy atom. The first-order valence-electron chi connectivity index (χ1n) is 11.0. The van der Waals surface area contributed by atoms with Gasteiger partial charge < -0.3 is 14.4 Å². The molecule has 2 heterocycles. The topological polar surface area (TPSA) is 93.7 Å². The van der Waals surface area contributed by atoms with Gasteiger partial charge in [-0.25, -0.2) is 4.79 Å². The van der Waals surface area contributed by atoms with E-state index in [4.69, 9.17) is 44.3 Å². The summed E-state index contributed by atoms with van der Waals surface area (Å²) >= 11 is 19.3. The van der Waals surface area contributed by atoms with Crippen LogP contribution in [0.3, 0.4) is 0 Å². The zero-order valence-electron chi connectivity index (χ0n) is 19.7. The molecule has 0 bridgehead atoms. The number of rotatable bonds is 5. The monoisotopic (exact) mass is 568 g/mol. The maximum Gasteiger partial charge on any atom is 0.410 e. The molecule has 8 nitrogen and oxygen atoms in total. The molecule has 12 heteroatoms. The van der Waals surface area contributed by atoms with Crippen LogP contribution in [0.4, 0.5) is 9.93 Å². The number of anilines is 1. The fourth-order valence-corrected chi connectivity index (χ4v) is 4.70. The van der Waals surface area contributed by atoms with Crippen LogP contribution in [0.2, 0.25) is 15.1 Å². The Morgan fingerprint density at radius 3 is 2.56 bits per heavy atom. The second kappa shape index (κ2) is 10.8. The summed E-state index contributed by atoms with van der Waals surface area (Å²) in [6.45, 7) is 6.58. The van der Waals surface area contributed by atoms with Crippen molar-refractivity contribution in [1.82, 2.24) is 15.1 Å². The van der Waals surface area contributed by atoms with Gasteiger partial charge in [-0.1, -0.05) is 52.2 Å². The number of carbonyl (C=O) groups excluding carboxylic acids is 2. The quantitative estimate of drug-likeness (QED) is 0.347. The first-order chi connectivity index (χ1) is 17.0. The molecule has 4 rings (SSSR count). The average molecular weight is 570 g/mol. The molecule has 0 aliphatic carbocycles. The number of aromatic nitrogens is 2. The predicted molar refractivity (Wildman–Crippen MR) is 140 cm³/mol. The van der Waals surface area contributed by atoms with E-state index in [1.165, 1.54) is 23.5 Å². The second-order valence-electron chi connectivity index (χ2n) is 9.08. The molecule has 0 unspecified atom stereocenters. The Kier molecular flexibility index (Phi) is 7.94. The van der Waals surface area contributed by atoms with Crippen LogP contribution in [0.1, 0.15) is 47.3 Å². The zero-order valence-corrected chi connectivity index (χ0v) is 22.8. The molecule has 190 valence electrons. The fourth-order valence-electron chi connectivity index (χ4n) is 3.46. The Morgan fingerprint density at radius 1 is 1.06 bits per heavy atom. The average Bonchev–Trinajstić information content (AvgIpc) is 3.26. The summed E-state index contributed by atoms with van der Waals surface area (Å²) in [5.41, 5.74) is 1.95. The number of halogens is 3. The van der Waals surface area contributed by atoms with E-state index >= 15 is 0 Å². The minimum atomic E-state index is -0.549. The van der Waals surface area contributed by atoms with Crippen molar-refractivity contribution < 1.29 is 19.1 Å². The van der Waals surface area contributed by atoms with Gasteiger partial charge in [0.15, 0.2) is 5.01 Å². The molecule has 0 radical (unpaired) electrons. The van der Waals surface area contributed by atoms with Gasteiger partial charge in [0.25, 0.3) is 5.91 Å². The minimum Gasteiger partial charge on any atom is -0.485 e. The van der Waals surface area contributed by atoms with Crippen molar-refractivity contribution in [3.05, 3.63) is 67.1 Å². The van der Waals surface area contributed by atoms with Crippen LogP contribution in [0.25, 0.3) is 0 Å². The lowest BCUT2D eigenvalue weighted by Gasteiger charge is -2.31. The van der Waals surface area contributed by atoms with Crippen molar-refractivity contribution in [3.8, 4) is 5.75 Å². The van der Waals surface area contributed by atoms with Gasteiger partial charge in [0.1, 0.15) is 18.0 Å². The van der Waals surface area contributed by atoms with Gasteiger partial charge in [0, 0.05) is 24.7 Å². The van der Waals surface area contributed by atoms with Crippen molar-refractivity contribution in [1.29, 1.82) is 0 Å². The lowest BCUT2D eigenvalue weighted by Crippen LogP contribution is -2.39. The standard InChI is InChI=1S/C24H23Cl3N4O4S/c1-24(2,3)35-23(33)31-7-6-13-8-14(4-5-15(13)11-31)21(32)28-22-30-29-20(36-22)12-34-19-10-17(26)16(25)9-18(19)27/h4-5,8-10H,6-7,11-12H2,1-3H3,(H,28,30,32). The molecule has 3 aromatic rings. The summed E-state index contributed by atoms with van der Waals surface area (Å²) in [4.78, 5) is 26.8. The third-order valence-electron chi connectivity index (χ3n) is 5.15. The molecule has 0 spiro atoms. The smallest absolute Gasteiger partial charge is 0.410 e. The van der Waals surface area contributed by atoms with E-state index in [-0.39, 0.29) is 18.6 Å². The molecule has 0 atom stereocenters. The summed E-state index contributed by atoms with van der Waals surface area (Å²) in [6.07, 6.45) is 0.292. The largest absolute Gasteiger partial charge is 0.485 e. The Labute approximate surface area is 227 Å². The van der Waals surface area contributed by atoms with Gasteiger partial charge in [-0.15, -0.1) is 10.2 Å². The highest BCUT2D eigenvalue weighted by Gasteiger charge is 2.26. The van der Waals surface area contributed by atoms with Crippen molar-refractivity contribution in [3.63, 3.8) is 0 Å². The van der Waals surface area contributed by atoms with E-state index in [9.17, 15) is 9.59 Å². The molecule has 36 heavy (non-hydrogen) atoms. The number of nitrogens with one attached hydrogen (secondary N) is 1. The Hall–Kier alpha value is -2.59. The number of ether oxygens (including phenoxy) is 2. The van der Waals surface area contributed by atoms with E-state index in [0.717, 1.165) is 11.1 Å². The molecule has 0 fully saturated rings. The van der Waals surface area contributed by atoms with Gasteiger partial charge in [-0.3, -0.25) is 10.1 Å². The molecule has 2 aromatic carbocycles. The minimum absolute atomic E-state index is 0.0954. The zero-order chi connectivity index (χ0) is 26.0. The van der Waals surface area contributed by atoms with Crippen molar-refractivity contribution in [2.24, 2.45) is 0 Å². The lowest BCUT2D eigenvalue weighted by atomic mass is 9.97. The van der Waals surface area contributed by atoms with Gasteiger partial charge in [-0.2, -0.15) is 0 Å². The van der Waals surface area contributed by atoms with Gasteiger partial charge in [0.05, 0.1) is 15.1 Å². The number of hydrogen-bond donors (Lipinski definition) is 1. The molecular formula is C24H23Cl3N4O4S. The van der Waals surface area contributed by atoms with Crippen molar-refractivity contribution >= 4 is 63.3 Å². The van der Waals surface area contributed by atoms with E-state index in [1.54, 1.807) is 11.0 Å². The normalized spacial score (nSPS) is 13.2. The highest BCUT2D eigenvalue weighted by atomic mass is 35.5. The van der Waals surface area contributed by atoms with Gasteiger partial charge in [0.2, 0.25) is 5.13 Å². The first-order valence-corrected chi connectivity index (χ1v) is 12.9. The molecular weight excluding hydrogens is 547 g/mol. The third-order valence-corrected chi connectivity index (χ3v) is 6.98. The maximum atomic E-state index is 12.8. The molecule has 1 N–H and O–H groups in total. The number of carbonyl (C=O) groups is 2. The van der Waals surface area contributed by atoms with Gasteiger partial charge in [-0.05, 0) is 56.5 Å². The van der Waals surface area contributed by atoms with E-state index in [0.29, 0.717) is 56.0 Å². The predicted octanol–water partition coefficient (Wildman–Crippen LogP) is 6.62. The summed E-state index contributed by atoms with van der Waals surface area (Å²) in [5, 5.41) is 12.7. The van der Waals surface area contributed by atoms with E-state index < -0.39 is 5.60 Å². The lowest BCUT2D eigenvalue weighted by molar-refractivity contribution is 0.0224. The molecule has 1 aliphatic heterocycles. The SMILES string of the molecule is CC(C)(C)OC(=O)N1CCc2cc(C(=O)Nc3nnc(COc4cc(Cl)c(Cl)cc4Cl)s3)ccc2C1. The summed E-state index contributed by atoms with van der Waals surface area (Å²) < 4.78 is 11.1. The summed E-state index contributed by atoms with van der Waals surface area (Å²) in [6, 6.07) is 8.46. The maximum absolute atomic E-state index is 12.8. The highest BCUT2D eigenvalue weighted by Crippen LogP contribution is 2.34. The summed E-state index contributed by atoms with van der Waals surface area (Å²) in [7, 11) is 0. The number of amides is 2. The number of benzene rings is 2. The Bertz CT molecular complexity index is 1310. The molecule has 1 aromatic heterocycles. The number of fused-ring (bicyclic) bond motifs is 1. The number of hydrogen-bond acceptors (Lipinski definition) is 7. The van der Waals surface area contributed by atoms with Crippen LogP contribution in [0.5, 0.6) is 5.75 Å². The molecule has 0 saturated heterocycles. The fraction of sp³-hybridized carbons (Fsp3) is 0.333. The van der Waals surface area contributed by atoms with Crippen LogP contribution in [0, 0.1) is 0 Å². The summed E-state index contributed by atoms with van der Waals surface area (Å²) in [5.74, 6) is 0.0645. The van der Waals surface area contributed by atoms with Crippen molar-refractivity contribution in [2.75, 3.05) is 11.9 Å². The molecule has 1 aliphatic rings. The highest BCUT2D eigenvalue weighted by molar-refractivity contribution is 7.15. The first kappa shape index (κ1) is 26.5. The van der Waals surface area contributed by atoms with Crippen LogP contribution in [0.15, 0.2) is 30.3 Å².